The van der Waals surface area contributed by atoms with Gasteiger partial charge >= 0.3 is 0 Å². The molecule has 2 aromatic carbocycles. The Kier molecular flexibility index (Phi) is 6.57. The van der Waals surface area contributed by atoms with E-state index >= 15 is 0 Å². The van der Waals surface area contributed by atoms with Gasteiger partial charge in [0.05, 0.1) is 18.3 Å². The van der Waals surface area contributed by atoms with Crippen LogP contribution in [-0.4, -0.2) is 30.1 Å². The lowest BCUT2D eigenvalue weighted by atomic mass is 10.0. The van der Waals surface area contributed by atoms with Gasteiger partial charge in [-0.3, -0.25) is 4.79 Å². The largest absolute Gasteiger partial charge is 0.438 e. The summed E-state index contributed by atoms with van der Waals surface area (Å²) in [7, 11) is 0. The molecule has 6 nitrogen and oxygen atoms in total. The summed E-state index contributed by atoms with van der Waals surface area (Å²) in [5, 5.41) is 5.53. The van der Waals surface area contributed by atoms with Gasteiger partial charge in [-0.1, -0.05) is 30.3 Å². The van der Waals surface area contributed by atoms with Crippen LogP contribution in [0, 0.1) is 0 Å². The van der Waals surface area contributed by atoms with Crippen molar-refractivity contribution in [1.29, 1.82) is 0 Å². The van der Waals surface area contributed by atoms with Crippen molar-refractivity contribution < 1.29 is 14.3 Å². The number of aromatic nitrogens is 1. The predicted octanol–water partition coefficient (Wildman–Crippen LogP) is 3.64. The number of rotatable bonds is 9. The first-order chi connectivity index (χ1) is 13.5. The molecule has 28 heavy (non-hydrogen) atoms. The summed E-state index contributed by atoms with van der Waals surface area (Å²) in [6.07, 6.45) is 1.65. The number of amides is 1. The Morgan fingerprint density at radius 1 is 1.11 bits per heavy atom. The highest BCUT2D eigenvalue weighted by atomic mass is 16.5. The van der Waals surface area contributed by atoms with E-state index in [1.807, 2.05) is 38.1 Å². The summed E-state index contributed by atoms with van der Waals surface area (Å²) in [5.41, 5.74) is 6.78. The quantitative estimate of drug-likeness (QED) is 0.554. The molecule has 3 N–H and O–H groups in total. The summed E-state index contributed by atoms with van der Waals surface area (Å²) in [6, 6.07) is 15.3. The molecule has 0 bridgehead atoms. The third-order valence-corrected chi connectivity index (χ3v) is 4.25. The molecule has 6 heteroatoms. The van der Waals surface area contributed by atoms with Crippen LogP contribution < -0.4 is 15.8 Å². The van der Waals surface area contributed by atoms with E-state index in [1.165, 1.54) is 11.8 Å². The highest BCUT2D eigenvalue weighted by Gasteiger charge is 2.08. The maximum atomic E-state index is 11.2. The van der Waals surface area contributed by atoms with Crippen LogP contribution in [0.2, 0.25) is 0 Å². The van der Waals surface area contributed by atoms with Crippen LogP contribution in [-0.2, 0) is 11.3 Å². The van der Waals surface area contributed by atoms with Crippen molar-refractivity contribution in [2.45, 2.75) is 26.5 Å². The number of benzene rings is 2. The minimum absolute atomic E-state index is 0.240. The topological polar surface area (TPSA) is 86.5 Å². The first-order valence-electron chi connectivity index (χ1n) is 9.31. The second-order valence-corrected chi connectivity index (χ2v) is 6.72. The number of pyridine rings is 1. The fourth-order valence-corrected chi connectivity index (χ4v) is 2.88. The van der Waals surface area contributed by atoms with E-state index in [2.05, 4.69) is 22.4 Å². The zero-order valence-electron chi connectivity index (χ0n) is 16.1. The average Bonchev–Trinajstić information content (AvgIpc) is 2.68. The molecule has 1 heterocycles. The second kappa shape index (κ2) is 9.30. The van der Waals surface area contributed by atoms with E-state index in [0.717, 1.165) is 23.9 Å². The van der Waals surface area contributed by atoms with Crippen molar-refractivity contribution in [3.63, 3.8) is 0 Å². The van der Waals surface area contributed by atoms with Gasteiger partial charge in [0.15, 0.2) is 0 Å². The number of nitrogens with zero attached hydrogens (tertiary/aromatic N) is 1. The number of carbonyl (C=O) groups is 1. The molecular weight excluding hydrogens is 354 g/mol. The molecular formula is C22H25N3O3. The van der Waals surface area contributed by atoms with Crippen LogP contribution in [0.5, 0.6) is 11.6 Å². The van der Waals surface area contributed by atoms with Gasteiger partial charge < -0.3 is 20.5 Å². The van der Waals surface area contributed by atoms with Crippen molar-refractivity contribution in [3.8, 4) is 11.6 Å². The maximum absolute atomic E-state index is 11.2. The SMILES string of the molecule is CC(C)OCCNCc1cccc2c(Oc3ccc(C(N)=O)cn3)cccc12. The molecule has 0 aliphatic heterocycles. The average molecular weight is 379 g/mol. The number of hydrogen-bond donors (Lipinski definition) is 2. The molecule has 0 unspecified atom stereocenters. The van der Waals surface area contributed by atoms with Gasteiger partial charge in [0.1, 0.15) is 5.75 Å². The normalized spacial score (nSPS) is 11.1. The minimum Gasteiger partial charge on any atom is -0.438 e. The Morgan fingerprint density at radius 3 is 2.61 bits per heavy atom. The third kappa shape index (κ3) is 5.06. The fourth-order valence-electron chi connectivity index (χ4n) is 2.88. The molecule has 1 amide bonds. The number of ether oxygens (including phenoxy) is 2. The van der Waals surface area contributed by atoms with Crippen LogP contribution in [0.15, 0.2) is 54.7 Å². The standard InChI is InChI=1S/C22H25N3O3/c1-15(2)27-12-11-24-13-16-5-3-7-19-18(16)6-4-8-20(19)28-21-10-9-17(14-25-21)22(23)26/h3-10,14-15,24H,11-13H2,1-2H3,(H2,23,26). The number of carbonyl (C=O) groups excluding carboxylic acids is 1. The Morgan fingerprint density at radius 2 is 1.89 bits per heavy atom. The van der Waals surface area contributed by atoms with Crippen molar-refractivity contribution in [2.75, 3.05) is 13.2 Å². The van der Waals surface area contributed by atoms with Gasteiger partial charge in [-0.05, 0) is 36.9 Å². The lowest BCUT2D eigenvalue weighted by Crippen LogP contribution is -2.21. The monoisotopic (exact) mass is 379 g/mol. The van der Waals surface area contributed by atoms with Gasteiger partial charge in [-0.25, -0.2) is 4.98 Å². The van der Waals surface area contributed by atoms with E-state index in [4.69, 9.17) is 15.2 Å². The summed E-state index contributed by atoms with van der Waals surface area (Å²) in [6.45, 7) is 6.28. The van der Waals surface area contributed by atoms with Crippen LogP contribution in [0.25, 0.3) is 10.8 Å². The van der Waals surface area contributed by atoms with Gasteiger partial charge in [0, 0.05) is 30.7 Å². The molecule has 0 saturated heterocycles. The van der Waals surface area contributed by atoms with Crippen LogP contribution in [0.1, 0.15) is 29.8 Å². The smallest absolute Gasteiger partial charge is 0.250 e. The summed E-state index contributed by atoms with van der Waals surface area (Å²) in [4.78, 5) is 15.3. The molecule has 0 atom stereocenters. The zero-order valence-corrected chi connectivity index (χ0v) is 16.1. The molecule has 1 aromatic heterocycles. The third-order valence-electron chi connectivity index (χ3n) is 4.25. The number of fused-ring (bicyclic) bond motifs is 1. The molecule has 146 valence electrons. The first kappa shape index (κ1) is 19.8. The molecule has 0 aliphatic rings. The summed E-state index contributed by atoms with van der Waals surface area (Å²) < 4.78 is 11.5. The molecule has 3 rings (SSSR count). The van der Waals surface area contributed by atoms with E-state index < -0.39 is 5.91 Å². The van der Waals surface area contributed by atoms with Gasteiger partial charge in [-0.15, -0.1) is 0 Å². The van der Waals surface area contributed by atoms with E-state index in [9.17, 15) is 4.79 Å². The Balaban J connectivity index is 1.74. The second-order valence-electron chi connectivity index (χ2n) is 6.72. The molecule has 0 saturated carbocycles. The lowest BCUT2D eigenvalue weighted by molar-refractivity contribution is 0.0807. The minimum atomic E-state index is -0.514. The summed E-state index contributed by atoms with van der Waals surface area (Å²) in [5.74, 6) is 0.605. The highest BCUT2D eigenvalue weighted by Crippen LogP contribution is 2.31. The maximum Gasteiger partial charge on any atom is 0.250 e. The Hall–Kier alpha value is -2.96. The van der Waals surface area contributed by atoms with Crippen molar-refractivity contribution in [3.05, 3.63) is 65.9 Å². The zero-order chi connectivity index (χ0) is 19.9. The van der Waals surface area contributed by atoms with Gasteiger partial charge in [0.25, 0.3) is 0 Å². The molecule has 0 aliphatic carbocycles. The predicted molar refractivity (Wildman–Crippen MR) is 110 cm³/mol. The highest BCUT2D eigenvalue weighted by molar-refractivity contribution is 5.92. The number of nitrogens with one attached hydrogen (secondary N) is 1. The Bertz CT molecular complexity index is 939. The fraction of sp³-hybridized carbons (Fsp3) is 0.273. The molecule has 0 spiro atoms. The summed E-state index contributed by atoms with van der Waals surface area (Å²) >= 11 is 0. The Labute approximate surface area is 164 Å². The van der Waals surface area contributed by atoms with E-state index in [0.29, 0.717) is 23.8 Å². The van der Waals surface area contributed by atoms with Crippen LogP contribution >= 0.6 is 0 Å². The van der Waals surface area contributed by atoms with Crippen LogP contribution in [0.4, 0.5) is 0 Å². The van der Waals surface area contributed by atoms with E-state index in [-0.39, 0.29) is 6.10 Å². The molecule has 0 fully saturated rings. The van der Waals surface area contributed by atoms with Crippen molar-refractivity contribution in [2.24, 2.45) is 5.73 Å². The van der Waals surface area contributed by atoms with Gasteiger partial charge in [-0.2, -0.15) is 0 Å². The number of primary amides is 1. The number of hydrogen-bond acceptors (Lipinski definition) is 5. The molecule has 0 radical (unpaired) electrons. The van der Waals surface area contributed by atoms with Crippen LogP contribution in [0.3, 0.4) is 0 Å². The van der Waals surface area contributed by atoms with E-state index in [1.54, 1.807) is 12.1 Å². The van der Waals surface area contributed by atoms with Crippen molar-refractivity contribution >= 4 is 16.7 Å². The van der Waals surface area contributed by atoms with Gasteiger partial charge in [0.2, 0.25) is 11.8 Å². The lowest BCUT2D eigenvalue weighted by Gasteiger charge is -2.12. The molecule has 3 aromatic rings. The first-order valence-corrected chi connectivity index (χ1v) is 9.31. The van der Waals surface area contributed by atoms with Crippen molar-refractivity contribution in [1.82, 2.24) is 10.3 Å². The number of nitrogens with two attached hydrogens (primary N) is 1.